The molecule has 17 heavy (non-hydrogen) atoms. The Hall–Kier alpha value is -1.13. The molecule has 0 saturated heterocycles. The number of rotatable bonds is 3. The highest BCUT2D eigenvalue weighted by atomic mass is 16.5. The Morgan fingerprint density at radius 2 is 2.24 bits per heavy atom. The van der Waals surface area contributed by atoms with Crippen LogP contribution in [0.15, 0.2) is 18.3 Å². The lowest BCUT2D eigenvalue weighted by atomic mass is 9.79. The Labute approximate surface area is 102 Å². The summed E-state index contributed by atoms with van der Waals surface area (Å²) in [5.74, 6) is 0.523. The predicted octanol–water partition coefficient (Wildman–Crippen LogP) is 1.53. The molecule has 4 nitrogen and oxygen atoms in total. The minimum atomic E-state index is -0.647. The average molecular weight is 236 g/mol. The van der Waals surface area contributed by atoms with Gasteiger partial charge in [0.1, 0.15) is 5.82 Å². The summed E-state index contributed by atoms with van der Waals surface area (Å²) < 4.78 is 5.31. The average Bonchev–Trinajstić information content (AvgIpc) is 2.33. The zero-order valence-electron chi connectivity index (χ0n) is 10.2. The van der Waals surface area contributed by atoms with E-state index in [1.54, 1.807) is 13.3 Å². The van der Waals surface area contributed by atoms with E-state index in [1.165, 1.54) is 0 Å². The summed E-state index contributed by atoms with van der Waals surface area (Å²) in [4.78, 5) is 4.05. The highest BCUT2D eigenvalue weighted by molar-refractivity contribution is 5.39. The summed E-state index contributed by atoms with van der Waals surface area (Å²) in [6.45, 7) is 0. The molecule has 0 spiro atoms. The fourth-order valence-electron chi connectivity index (χ4n) is 2.50. The van der Waals surface area contributed by atoms with Crippen molar-refractivity contribution < 1.29 is 9.84 Å². The quantitative estimate of drug-likeness (QED) is 0.835. The van der Waals surface area contributed by atoms with E-state index in [0.29, 0.717) is 18.3 Å². The van der Waals surface area contributed by atoms with E-state index in [1.807, 2.05) is 12.1 Å². The largest absolute Gasteiger partial charge is 0.390 e. The standard InChI is InChI=1S/C13H20N2O2/c1-17-11-4-6-13(16,7-5-11)9-10-3-2-8-15-12(10)14/h2-3,8,11,16H,4-7,9H2,1H3,(H2,14,15). The van der Waals surface area contributed by atoms with E-state index in [-0.39, 0.29) is 0 Å². The first kappa shape index (κ1) is 12.3. The van der Waals surface area contributed by atoms with Crippen LogP contribution in [-0.4, -0.2) is 28.9 Å². The van der Waals surface area contributed by atoms with Crippen molar-refractivity contribution in [1.29, 1.82) is 0 Å². The van der Waals surface area contributed by atoms with Gasteiger partial charge in [-0.05, 0) is 37.3 Å². The zero-order valence-corrected chi connectivity index (χ0v) is 10.2. The van der Waals surface area contributed by atoms with E-state index in [4.69, 9.17) is 10.5 Å². The van der Waals surface area contributed by atoms with Gasteiger partial charge in [0.15, 0.2) is 0 Å². The van der Waals surface area contributed by atoms with Crippen LogP contribution >= 0.6 is 0 Å². The first-order valence-electron chi connectivity index (χ1n) is 6.07. The molecule has 1 fully saturated rings. The fraction of sp³-hybridized carbons (Fsp3) is 0.615. The number of methoxy groups -OCH3 is 1. The number of anilines is 1. The molecule has 1 aliphatic rings. The number of aliphatic hydroxyl groups is 1. The van der Waals surface area contributed by atoms with Crippen molar-refractivity contribution in [3.63, 3.8) is 0 Å². The highest BCUT2D eigenvalue weighted by Gasteiger charge is 2.33. The Balaban J connectivity index is 2.01. The van der Waals surface area contributed by atoms with Crippen molar-refractivity contribution in [2.75, 3.05) is 12.8 Å². The molecule has 0 aromatic carbocycles. The third kappa shape index (κ3) is 2.96. The van der Waals surface area contributed by atoms with Gasteiger partial charge in [0.05, 0.1) is 11.7 Å². The maximum Gasteiger partial charge on any atom is 0.126 e. The fourth-order valence-corrected chi connectivity index (χ4v) is 2.50. The van der Waals surface area contributed by atoms with Gasteiger partial charge in [-0.25, -0.2) is 4.98 Å². The summed E-state index contributed by atoms with van der Waals surface area (Å²) in [6, 6.07) is 3.79. The first-order chi connectivity index (χ1) is 8.13. The zero-order chi connectivity index (χ0) is 12.3. The predicted molar refractivity (Wildman–Crippen MR) is 66.6 cm³/mol. The SMILES string of the molecule is COC1CCC(O)(Cc2cccnc2N)CC1. The van der Waals surface area contributed by atoms with E-state index < -0.39 is 5.60 Å². The molecular formula is C13H20N2O2. The molecule has 0 atom stereocenters. The van der Waals surface area contributed by atoms with Crippen molar-refractivity contribution in [3.8, 4) is 0 Å². The summed E-state index contributed by atoms with van der Waals surface area (Å²) >= 11 is 0. The second-order valence-electron chi connectivity index (χ2n) is 4.88. The monoisotopic (exact) mass is 236 g/mol. The van der Waals surface area contributed by atoms with Crippen molar-refractivity contribution in [2.45, 2.75) is 43.8 Å². The molecule has 0 aliphatic heterocycles. The molecule has 4 heteroatoms. The van der Waals surface area contributed by atoms with Gasteiger partial charge in [-0.15, -0.1) is 0 Å². The van der Waals surface area contributed by atoms with Gasteiger partial charge in [-0.2, -0.15) is 0 Å². The third-order valence-corrected chi connectivity index (χ3v) is 3.64. The number of nitrogens with zero attached hydrogens (tertiary/aromatic N) is 1. The molecule has 1 saturated carbocycles. The van der Waals surface area contributed by atoms with Crippen LogP contribution in [0, 0.1) is 0 Å². The smallest absolute Gasteiger partial charge is 0.126 e. The van der Waals surface area contributed by atoms with Crippen LogP contribution in [-0.2, 0) is 11.2 Å². The van der Waals surface area contributed by atoms with E-state index in [9.17, 15) is 5.11 Å². The number of ether oxygens (including phenoxy) is 1. The third-order valence-electron chi connectivity index (χ3n) is 3.64. The van der Waals surface area contributed by atoms with Crippen LogP contribution in [0.4, 0.5) is 5.82 Å². The minimum Gasteiger partial charge on any atom is -0.390 e. The van der Waals surface area contributed by atoms with Crippen LogP contribution in [0.3, 0.4) is 0 Å². The Bertz CT molecular complexity index is 373. The van der Waals surface area contributed by atoms with Gasteiger partial charge in [-0.3, -0.25) is 0 Å². The maximum absolute atomic E-state index is 10.5. The minimum absolute atomic E-state index is 0.293. The molecule has 0 amide bonds. The number of pyridine rings is 1. The summed E-state index contributed by atoms with van der Waals surface area (Å²) in [6.07, 6.45) is 5.90. The second kappa shape index (κ2) is 5.02. The lowest BCUT2D eigenvalue weighted by Crippen LogP contribution is -2.38. The van der Waals surface area contributed by atoms with E-state index in [2.05, 4.69) is 4.98 Å². The molecule has 0 bridgehead atoms. The van der Waals surface area contributed by atoms with Gasteiger partial charge in [0, 0.05) is 19.7 Å². The molecule has 1 aromatic rings. The van der Waals surface area contributed by atoms with Gasteiger partial charge < -0.3 is 15.6 Å². The van der Waals surface area contributed by atoms with Crippen LogP contribution in [0.5, 0.6) is 0 Å². The molecule has 3 N–H and O–H groups in total. The number of hydrogen-bond donors (Lipinski definition) is 2. The molecule has 2 rings (SSSR count). The number of nitrogens with two attached hydrogens (primary N) is 1. The number of aromatic nitrogens is 1. The molecule has 0 radical (unpaired) electrons. The normalized spacial score (nSPS) is 29.2. The summed E-state index contributed by atoms with van der Waals surface area (Å²) in [5.41, 5.74) is 6.09. The second-order valence-corrected chi connectivity index (χ2v) is 4.88. The van der Waals surface area contributed by atoms with Crippen molar-refractivity contribution in [3.05, 3.63) is 23.9 Å². The highest BCUT2D eigenvalue weighted by Crippen LogP contribution is 2.33. The molecule has 0 unspecified atom stereocenters. The molecule has 1 aromatic heterocycles. The topological polar surface area (TPSA) is 68.4 Å². The van der Waals surface area contributed by atoms with E-state index in [0.717, 1.165) is 31.2 Å². The van der Waals surface area contributed by atoms with Gasteiger partial charge >= 0.3 is 0 Å². The first-order valence-corrected chi connectivity index (χ1v) is 6.07. The van der Waals surface area contributed by atoms with Gasteiger partial charge in [0.2, 0.25) is 0 Å². The van der Waals surface area contributed by atoms with Gasteiger partial charge in [0.25, 0.3) is 0 Å². The van der Waals surface area contributed by atoms with Crippen LogP contribution in [0.1, 0.15) is 31.2 Å². The lowest BCUT2D eigenvalue weighted by molar-refractivity contribution is -0.0426. The number of nitrogen functional groups attached to an aromatic ring is 1. The van der Waals surface area contributed by atoms with Crippen molar-refractivity contribution >= 4 is 5.82 Å². The van der Waals surface area contributed by atoms with Crippen molar-refractivity contribution in [2.24, 2.45) is 0 Å². The van der Waals surface area contributed by atoms with Crippen LogP contribution in [0.25, 0.3) is 0 Å². The van der Waals surface area contributed by atoms with E-state index >= 15 is 0 Å². The Morgan fingerprint density at radius 1 is 1.53 bits per heavy atom. The summed E-state index contributed by atoms with van der Waals surface area (Å²) in [7, 11) is 1.73. The lowest BCUT2D eigenvalue weighted by Gasteiger charge is -2.35. The molecule has 1 aliphatic carbocycles. The summed E-state index contributed by atoms with van der Waals surface area (Å²) in [5, 5.41) is 10.5. The van der Waals surface area contributed by atoms with Gasteiger partial charge in [-0.1, -0.05) is 6.07 Å². The Kier molecular flexibility index (Phi) is 3.64. The molecule has 94 valence electrons. The van der Waals surface area contributed by atoms with Crippen LogP contribution in [0.2, 0.25) is 0 Å². The number of hydrogen-bond acceptors (Lipinski definition) is 4. The maximum atomic E-state index is 10.5. The molecular weight excluding hydrogens is 216 g/mol. The van der Waals surface area contributed by atoms with Crippen molar-refractivity contribution in [1.82, 2.24) is 4.98 Å². The Morgan fingerprint density at radius 3 is 2.82 bits per heavy atom. The van der Waals surface area contributed by atoms with Crippen LogP contribution < -0.4 is 5.73 Å². The molecule has 1 heterocycles.